The predicted octanol–water partition coefficient (Wildman–Crippen LogP) is 2.09. The Morgan fingerprint density at radius 3 is 2.30 bits per heavy atom. The maximum atomic E-state index is 12.6. The Balaban J connectivity index is 1.67. The molecule has 0 radical (unpaired) electrons. The van der Waals surface area contributed by atoms with Gasteiger partial charge in [0.25, 0.3) is 0 Å². The zero-order chi connectivity index (χ0) is 24.2. The molecule has 0 aromatic heterocycles. The first-order valence-electron chi connectivity index (χ1n) is 10.3. The maximum Gasteiger partial charge on any atom is 0.242 e. The molecule has 176 valence electrons. The van der Waals surface area contributed by atoms with Crippen LogP contribution in [-0.4, -0.2) is 45.8 Å². The smallest absolute Gasteiger partial charge is 0.242 e. The minimum absolute atomic E-state index is 0.0122. The van der Waals surface area contributed by atoms with Gasteiger partial charge in [0.15, 0.2) is 0 Å². The zero-order valence-electron chi connectivity index (χ0n) is 18.5. The molecule has 1 atom stereocenters. The fraction of sp³-hybridized carbons (Fsp3) is 0.318. The highest BCUT2D eigenvalue weighted by Crippen LogP contribution is 2.33. The monoisotopic (exact) mass is 474 g/mol. The van der Waals surface area contributed by atoms with Crippen molar-refractivity contribution in [3.05, 3.63) is 42.5 Å². The summed E-state index contributed by atoms with van der Waals surface area (Å²) in [5.41, 5.74) is 1.48. The molecule has 2 aromatic carbocycles. The first kappa shape index (κ1) is 24.2. The lowest BCUT2D eigenvalue weighted by molar-refractivity contribution is -0.118. The average molecular weight is 475 g/mol. The van der Waals surface area contributed by atoms with Crippen molar-refractivity contribution in [2.24, 2.45) is 0 Å². The van der Waals surface area contributed by atoms with Crippen LogP contribution in [0.25, 0.3) is 0 Å². The molecule has 0 bridgehead atoms. The molecule has 0 unspecified atom stereocenters. The van der Waals surface area contributed by atoms with Gasteiger partial charge >= 0.3 is 0 Å². The molecule has 1 saturated heterocycles. The number of sulfonamides is 1. The van der Waals surface area contributed by atoms with Gasteiger partial charge in [-0.1, -0.05) is 0 Å². The lowest BCUT2D eigenvalue weighted by Gasteiger charge is -2.20. The van der Waals surface area contributed by atoms with Crippen LogP contribution in [0.4, 0.5) is 17.1 Å². The summed E-state index contributed by atoms with van der Waals surface area (Å²) in [6.07, 6.45) is 1.25. The van der Waals surface area contributed by atoms with Gasteiger partial charge in [-0.05, 0) is 49.7 Å². The Hall–Kier alpha value is -3.44. The molecule has 0 spiro atoms. The molecule has 1 aliphatic rings. The van der Waals surface area contributed by atoms with Crippen molar-refractivity contribution in [3.8, 4) is 5.75 Å². The average Bonchev–Trinajstić information content (AvgIpc) is 3.18. The van der Waals surface area contributed by atoms with Gasteiger partial charge < -0.3 is 20.3 Å². The molecule has 3 rings (SSSR count). The van der Waals surface area contributed by atoms with Gasteiger partial charge in [0.05, 0.1) is 23.7 Å². The van der Waals surface area contributed by atoms with Gasteiger partial charge in [-0.2, -0.15) is 4.72 Å². The lowest BCUT2D eigenvalue weighted by atomic mass is 10.2. The third kappa shape index (κ3) is 5.88. The number of ether oxygens (including phenoxy) is 1. The number of benzene rings is 2. The Labute approximate surface area is 192 Å². The summed E-state index contributed by atoms with van der Waals surface area (Å²) in [7, 11) is -2.50. The number of methoxy groups -OCH3 is 1. The van der Waals surface area contributed by atoms with Crippen LogP contribution in [0, 0.1) is 0 Å². The van der Waals surface area contributed by atoms with Gasteiger partial charge in [-0.15, -0.1) is 0 Å². The van der Waals surface area contributed by atoms with Crippen molar-refractivity contribution in [3.63, 3.8) is 0 Å². The zero-order valence-corrected chi connectivity index (χ0v) is 19.4. The molecule has 3 N–H and O–H groups in total. The minimum Gasteiger partial charge on any atom is -0.494 e. The first-order valence-corrected chi connectivity index (χ1v) is 11.8. The number of carbonyl (C=O) groups excluding carboxylic acids is 3. The Morgan fingerprint density at radius 2 is 1.73 bits per heavy atom. The van der Waals surface area contributed by atoms with Gasteiger partial charge in [0.2, 0.25) is 27.7 Å². The van der Waals surface area contributed by atoms with E-state index in [1.807, 2.05) is 0 Å². The molecule has 0 saturated carbocycles. The van der Waals surface area contributed by atoms with E-state index in [-0.39, 0.29) is 16.7 Å². The Morgan fingerprint density at radius 1 is 1.06 bits per heavy atom. The molecule has 1 heterocycles. The highest BCUT2D eigenvalue weighted by Gasteiger charge is 2.26. The van der Waals surface area contributed by atoms with E-state index in [1.165, 1.54) is 45.2 Å². The minimum atomic E-state index is -3.97. The Kier molecular flexibility index (Phi) is 7.34. The summed E-state index contributed by atoms with van der Waals surface area (Å²) in [4.78, 5) is 37.3. The van der Waals surface area contributed by atoms with Crippen LogP contribution in [0.3, 0.4) is 0 Å². The van der Waals surface area contributed by atoms with Crippen LogP contribution >= 0.6 is 0 Å². The highest BCUT2D eigenvalue weighted by molar-refractivity contribution is 7.89. The highest BCUT2D eigenvalue weighted by atomic mass is 32.2. The standard InChI is InChI=1S/C22H26N4O6S/c1-14(25-33(30,31)18-9-6-16(7-10-18)23-15(2)27)22(29)24-17-8-11-19(20(13-17)32-3)26-12-4-5-21(26)28/h6-11,13-14,25H,4-5,12H2,1-3H3,(H,23,27)(H,24,29)/t14-/m0/s1. The van der Waals surface area contributed by atoms with Crippen molar-refractivity contribution in [2.45, 2.75) is 37.6 Å². The summed E-state index contributed by atoms with van der Waals surface area (Å²) in [5.74, 6) is -0.403. The topological polar surface area (TPSA) is 134 Å². The molecule has 2 aromatic rings. The molecule has 3 amide bonds. The van der Waals surface area contributed by atoms with E-state index in [9.17, 15) is 22.8 Å². The summed E-state index contributed by atoms with van der Waals surface area (Å²) in [5, 5.41) is 5.21. The number of carbonyl (C=O) groups is 3. The van der Waals surface area contributed by atoms with Crippen LogP contribution in [-0.2, 0) is 24.4 Å². The van der Waals surface area contributed by atoms with Crippen LogP contribution in [0.15, 0.2) is 47.4 Å². The normalized spacial score (nSPS) is 14.6. The van der Waals surface area contributed by atoms with E-state index in [4.69, 9.17) is 4.74 Å². The number of nitrogens with one attached hydrogen (secondary N) is 3. The summed E-state index contributed by atoms with van der Waals surface area (Å²) >= 11 is 0. The number of rotatable bonds is 8. The van der Waals surface area contributed by atoms with E-state index in [0.29, 0.717) is 35.8 Å². The number of hydrogen-bond acceptors (Lipinski definition) is 6. The molecule has 1 aliphatic heterocycles. The van der Waals surface area contributed by atoms with Crippen LogP contribution in [0.1, 0.15) is 26.7 Å². The largest absolute Gasteiger partial charge is 0.494 e. The number of hydrogen-bond donors (Lipinski definition) is 3. The van der Waals surface area contributed by atoms with Crippen LogP contribution in [0.5, 0.6) is 5.75 Å². The van der Waals surface area contributed by atoms with Gasteiger partial charge in [0, 0.05) is 37.3 Å². The fourth-order valence-corrected chi connectivity index (χ4v) is 4.61. The van der Waals surface area contributed by atoms with E-state index in [0.717, 1.165) is 6.42 Å². The lowest BCUT2D eigenvalue weighted by Crippen LogP contribution is -2.41. The number of anilines is 3. The van der Waals surface area contributed by atoms with Crippen molar-refractivity contribution in [1.29, 1.82) is 0 Å². The third-order valence-electron chi connectivity index (χ3n) is 5.02. The molecule has 33 heavy (non-hydrogen) atoms. The summed E-state index contributed by atoms with van der Waals surface area (Å²) < 4.78 is 32.9. The van der Waals surface area contributed by atoms with Gasteiger partial charge in [-0.3, -0.25) is 14.4 Å². The molecule has 1 fully saturated rings. The number of nitrogens with zero attached hydrogens (tertiary/aromatic N) is 1. The molecule has 10 nitrogen and oxygen atoms in total. The van der Waals surface area contributed by atoms with E-state index >= 15 is 0 Å². The first-order chi connectivity index (χ1) is 15.6. The SMILES string of the molecule is COc1cc(NC(=O)[C@H](C)NS(=O)(=O)c2ccc(NC(C)=O)cc2)ccc1N1CCCC1=O. The predicted molar refractivity (Wildman–Crippen MR) is 124 cm³/mol. The van der Waals surface area contributed by atoms with Gasteiger partial charge in [-0.25, -0.2) is 8.42 Å². The van der Waals surface area contributed by atoms with E-state index in [2.05, 4.69) is 15.4 Å². The van der Waals surface area contributed by atoms with E-state index in [1.54, 1.807) is 23.1 Å². The molecular formula is C22H26N4O6S. The maximum absolute atomic E-state index is 12.6. The fourth-order valence-electron chi connectivity index (χ4n) is 3.41. The van der Waals surface area contributed by atoms with Crippen LogP contribution < -0.4 is 25.0 Å². The van der Waals surface area contributed by atoms with Gasteiger partial charge in [0.1, 0.15) is 5.75 Å². The van der Waals surface area contributed by atoms with Crippen LogP contribution in [0.2, 0.25) is 0 Å². The second kappa shape index (κ2) is 10.0. The third-order valence-corrected chi connectivity index (χ3v) is 6.58. The summed E-state index contributed by atoms with van der Waals surface area (Å²) in [6.45, 7) is 3.38. The quantitative estimate of drug-likeness (QED) is 0.536. The van der Waals surface area contributed by atoms with Crippen molar-refractivity contribution in [2.75, 3.05) is 29.2 Å². The summed E-state index contributed by atoms with van der Waals surface area (Å²) in [6, 6.07) is 9.41. The van der Waals surface area contributed by atoms with Crippen molar-refractivity contribution in [1.82, 2.24) is 4.72 Å². The molecule has 0 aliphatic carbocycles. The second-order valence-electron chi connectivity index (χ2n) is 7.57. The van der Waals surface area contributed by atoms with Crippen molar-refractivity contribution >= 4 is 44.8 Å². The molecular weight excluding hydrogens is 448 g/mol. The molecule has 11 heteroatoms. The van der Waals surface area contributed by atoms with Crippen molar-refractivity contribution < 1.29 is 27.5 Å². The number of amides is 3. The van der Waals surface area contributed by atoms with E-state index < -0.39 is 22.0 Å². The second-order valence-corrected chi connectivity index (χ2v) is 9.29. The Bertz CT molecular complexity index is 1160.